The van der Waals surface area contributed by atoms with Crippen LogP contribution in [0.15, 0.2) is 42.5 Å². The fourth-order valence-corrected chi connectivity index (χ4v) is 0.892. The summed E-state index contributed by atoms with van der Waals surface area (Å²) >= 11 is 0. The number of benzene rings is 1. The highest BCUT2D eigenvalue weighted by molar-refractivity contribution is 5.21. The van der Waals surface area contributed by atoms with Crippen molar-refractivity contribution in [3.8, 4) is 5.75 Å². The Morgan fingerprint density at radius 1 is 1.36 bits per heavy atom. The fourth-order valence-electron chi connectivity index (χ4n) is 0.892. The highest BCUT2D eigenvalue weighted by atomic mass is 19.3. The summed E-state index contributed by atoms with van der Waals surface area (Å²) in [4.78, 5) is 0. The van der Waals surface area contributed by atoms with Crippen LogP contribution < -0.4 is 4.74 Å². The van der Waals surface area contributed by atoms with E-state index in [0.717, 1.165) is 0 Å². The van der Waals surface area contributed by atoms with Crippen LogP contribution in [0, 0.1) is 0 Å². The second-order valence-corrected chi connectivity index (χ2v) is 2.65. The molecule has 0 saturated heterocycles. The highest BCUT2D eigenvalue weighted by Gasteiger charge is 2.03. The van der Waals surface area contributed by atoms with Gasteiger partial charge in [-0.15, -0.1) is 0 Å². The molecule has 0 fully saturated rings. The van der Waals surface area contributed by atoms with Gasteiger partial charge in [0.2, 0.25) is 0 Å². The molecule has 14 heavy (non-hydrogen) atoms. The van der Waals surface area contributed by atoms with Crippen LogP contribution in [0.2, 0.25) is 0 Å². The van der Waals surface area contributed by atoms with E-state index < -0.39 is 12.2 Å². The quantitative estimate of drug-likeness (QED) is 0.807. The molecule has 1 atom stereocenters. The molecule has 0 spiro atoms. The number of aliphatic hydroxyl groups excluding tert-OH is 1. The van der Waals surface area contributed by atoms with Crippen LogP contribution >= 0.6 is 0 Å². The van der Waals surface area contributed by atoms with Gasteiger partial charge >= 0.3 is 0 Å². The first-order valence-electron chi connectivity index (χ1n) is 4.07. The zero-order chi connectivity index (χ0) is 10.4. The Hall–Kier alpha value is -1.42. The Morgan fingerprint density at radius 3 is 2.57 bits per heavy atom. The van der Waals surface area contributed by atoms with E-state index in [2.05, 4.69) is 0 Å². The lowest BCUT2D eigenvalue weighted by Crippen LogP contribution is -2.14. The minimum absolute atomic E-state index is 0.179. The van der Waals surface area contributed by atoms with Gasteiger partial charge in [0, 0.05) is 6.08 Å². The summed E-state index contributed by atoms with van der Waals surface area (Å²) < 4.78 is 28.4. The molecule has 1 unspecified atom stereocenters. The molecule has 0 saturated carbocycles. The fraction of sp³-hybridized carbons (Fsp3) is 0.200. The van der Waals surface area contributed by atoms with Crippen LogP contribution in [0.1, 0.15) is 0 Å². The first-order valence-corrected chi connectivity index (χ1v) is 4.07. The SMILES string of the molecule is OC(C=C(F)F)COc1ccccc1. The van der Waals surface area contributed by atoms with Crippen molar-refractivity contribution in [2.24, 2.45) is 0 Å². The van der Waals surface area contributed by atoms with Gasteiger partial charge in [0.1, 0.15) is 18.5 Å². The van der Waals surface area contributed by atoms with Gasteiger partial charge in [-0.3, -0.25) is 0 Å². The topological polar surface area (TPSA) is 29.5 Å². The molecule has 0 heterocycles. The summed E-state index contributed by atoms with van der Waals surface area (Å²) in [5, 5.41) is 9.00. The Kier molecular flexibility index (Phi) is 4.07. The zero-order valence-corrected chi connectivity index (χ0v) is 7.36. The van der Waals surface area contributed by atoms with Gasteiger partial charge in [0.05, 0.1) is 0 Å². The molecular weight excluding hydrogens is 190 g/mol. The lowest BCUT2D eigenvalue weighted by molar-refractivity contribution is 0.140. The lowest BCUT2D eigenvalue weighted by Gasteiger charge is -2.07. The van der Waals surface area contributed by atoms with E-state index in [1.165, 1.54) is 0 Å². The van der Waals surface area contributed by atoms with Crippen molar-refractivity contribution in [1.29, 1.82) is 0 Å². The molecule has 1 aromatic carbocycles. The Bertz CT molecular complexity index is 294. The molecule has 0 aliphatic heterocycles. The summed E-state index contributed by atoms with van der Waals surface area (Å²) in [6, 6.07) is 8.69. The van der Waals surface area contributed by atoms with Gasteiger partial charge in [-0.25, -0.2) is 0 Å². The average Bonchev–Trinajstić information content (AvgIpc) is 2.15. The predicted molar refractivity (Wildman–Crippen MR) is 48.2 cm³/mol. The summed E-state index contributed by atoms with van der Waals surface area (Å²) in [5.74, 6) is 0.541. The third-order valence-electron chi connectivity index (χ3n) is 1.48. The van der Waals surface area contributed by atoms with Crippen LogP contribution in [0.5, 0.6) is 5.75 Å². The Balaban J connectivity index is 2.38. The van der Waals surface area contributed by atoms with Gasteiger partial charge in [0.15, 0.2) is 0 Å². The van der Waals surface area contributed by atoms with Crippen molar-refractivity contribution < 1.29 is 18.6 Å². The first kappa shape index (κ1) is 10.7. The minimum Gasteiger partial charge on any atom is -0.491 e. The summed E-state index contributed by atoms with van der Waals surface area (Å²) in [6.45, 7) is -0.179. The average molecular weight is 200 g/mol. The molecule has 0 bridgehead atoms. The summed E-state index contributed by atoms with van der Waals surface area (Å²) in [6.07, 6.45) is -2.74. The van der Waals surface area contributed by atoms with Crippen molar-refractivity contribution in [1.82, 2.24) is 0 Å². The second kappa shape index (κ2) is 5.34. The lowest BCUT2D eigenvalue weighted by atomic mass is 10.3. The Morgan fingerprint density at radius 2 is 2.00 bits per heavy atom. The van der Waals surface area contributed by atoms with Gasteiger partial charge in [-0.2, -0.15) is 8.78 Å². The molecule has 1 aromatic rings. The van der Waals surface area contributed by atoms with E-state index in [0.29, 0.717) is 11.8 Å². The van der Waals surface area contributed by atoms with E-state index in [4.69, 9.17) is 9.84 Å². The number of rotatable bonds is 4. The number of halogens is 2. The Labute approximate surface area is 80.4 Å². The van der Waals surface area contributed by atoms with E-state index >= 15 is 0 Å². The summed E-state index contributed by atoms with van der Waals surface area (Å²) in [7, 11) is 0. The van der Waals surface area contributed by atoms with Crippen molar-refractivity contribution >= 4 is 0 Å². The third-order valence-corrected chi connectivity index (χ3v) is 1.48. The number of ether oxygens (including phenoxy) is 1. The largest absolute Gasteiger partial charge is 0.491 e. The molecule has 0 aliphatic carbocycles. The maximum atomic E-state index is 11.7. The first-order chi connectivity index (χ1) is 6.68. The van der Waals surface area contributed by atoms with Crippen molar-refractivity contribution in [2.75, 3.05) is 6.61 Å². The third kappa shape index (κ3) is 4.00. The normalized spacial score (nSPS) is 11.9. The second-order valence-electron chi connectivity index (χ2n) is 2.65. The van der Waals surface area contributed by atoms with E-state index in [9.17, 15) is 8.78 Å². The molecule has 1 rings (SSSR count). The highest BCUT2D eigenvalue weighted by Crippen LogP contribution is 2.09. The summed E-state index contributed by atoms with van der Waals surface area (Å²) in [5.41, 5.74) is 0. The van der Waals surface area contributed by atoms with Crippen LogP contribution in [0.3, 0.4) is 0 Å². The molecule has 76 valence electrons. The number of para-hydroxylation sites is 1. The zero-order valence-electron chi connectivity index (χ0n) is 7.36. The molecule has 0 amide bonds. The van der Waals surface area contributed by atoms with Gasteiger partial charge in [-0.1, -0.05) is 18.2 Å². The minimum atomic E-state index is -1.91. The maximum absolute atomic E-state index is 11.7. The van der Waals surface area contributed by atoms with Crippen molar-refractivity contribution in [2.45, 2.75) is 6.10 Å². The molecule has 1 N–H and O–H groups in total. The van der Waals surface area contributed by atoms with Crippen LogP contribution in [0.25, 0.3) is 0 Å². The molecule has 0 radical (unpaired) electrons. The molecular formula is C10H10F2O2. The van der Waals surface area contributed by atoms with Crippen molar-refractivity contribution in [3.63, 3.8) is 0 Å². The number of aliphatic hydroxyl groups is 1. The molecule has 0 aliphatic rings. The van der Waals surface area contributed by atoms with Gasteiger partial charge in [0.25, 0.3) is 6.08 Å². The molecule has 4 heteroatoms. The van der Waals surface area contributed by atoms with E-state index in [1.807, 2.05) is 6.07 Å². The van der Waals surface area contributed by atoms with Crippen molar-refractivity contribution in [3.05, 3.63) is 42.5 Å². The number of hydrogen-bond acceptors (Lipinski definition) is 2. The smallest absolute Gasteiger partial charge is 0.269 e. The maximum Gasteiger partial charge on any atom is 0.269 e. The standard InChI is InChI=1S/C10H10F2O2/c11-10(12)6-8(13)7-14-9-4-2-1-3-5-9/h1-6,8,13H,7H2. The van der Waals surface area contributed by atoms with Gasteiger partial charge < -0.3 is 9.84 Å². The van der Waals surface area contributed by atoms with Crippen LogP contribution in [0.4, 0.5) is 8.78 Å². The van der Waals surface area contributed by atoms with Crippen LogP contribution in [-0.4, -0.2) is 17.8 Å². The molecule has 0 aromatic heterocycles. The monoisotopic (exact) mass is 200 g/mol. The van der Waals surface area contributed by atoms with E-state index in [1.54, 1.807) is 24.3 Å². The van der Waals surface area contributed by atoms with Crippen LogP contribution in [-0.2, 0) is 0 Å². The van der Waals surface area contributed by atoms with Gasteiger partial charge in [-0.05, 0) is 12.1 Å². The number of hydrogen-bond donors (Lipinski definition) is 1. The van der Waals surface area contributed by atoms with E-state index in [-0.39, 0.29) is 6.61 Å². The molecule has 2 nitrogen and oxygen atoms in total. The predicted octanol–water partition coefficient (Wildman–Crippen LogP) is 2.21.